The first-order valence-electron chi connectivity index (χ1n) is 6.83. The average Bonchev–Trinajstić information content (AvgIpc) is 3.09. The second-order valence-corrected chi connectivity index (χ2v) is 6.18. The Morgan fingerprint density at radius 2 is 1.89 bits per heavy atom. The highest BCUT2D eigenvalue weighted by molar-refractivity contribution is 6.33. The van der Waals surface area contributed by atoms with Crippen LogP contribution in [0.5, 0.6) is 5.75 Å². The first-order valence-corrected chi connectivity index (χ1v) is 7.21. The van der Waals surface area contributed by atoms with Crippen molar-refractivity contribution in [2.24, 2.45) is 0 Å². The quantitative estimate of drug-likeness (QED) is 0.806. The van der Waals surface area contributed by atoms with E-state index in [1.807, 2.05) is 0 Å². The number of aliphatic hydroxyl groups is 1. The van der Waals surface area contributed by atoms with Gasteiger partial charge in [-0.1, -0.05) is 24.1 Å². The van der Waals surface area contributed by atoms with Crippen LogP contribution in [0.4, 0.5) is 0 Å². The molecule has 2 nitrogen and oxygen atoms in total. The van der Waals surface area contributed by atoms with Gasteiger partial charge >= 0.3 is 0 Å². The summed E-state index contributed by atoms with van der Waals surface area (Å²) in [4.78, 5) is 0. The predicted octanol–water partition coefficient (Wildman–Crippen LogP) is 3.38. The highest BCUT2D eigenvalue weighted by Gasteiger charge is 2.41. The number of aromatic hydroxyl groups is 1. The van der Waals surface area contributed by atoms with E-state index in [2.05, 4.69) is 6.07 Å². The molecule has 0 aliphatic heterocycles. The van der Waals surface area contributed by atoms with Gasteiger partial charge in [-0.15, -0.1) is 0 Å². The molecule has 3 rings (SSSR count). The predicted molar refractivity (Wildman–Crippen MR) is 72.3 cm³/mol. The molecular weight excluding hydrogens is 248 g/mol. The highest BCUT2D eigenvalue weighted by Crippen LogP contribution is 2.43. The van der Waals surface area contributed by atoms with Crippen LogP contribution in [0.2, 0.25) is 5.02 Å². The van der Waals surface area contributed by atoms with Crippen molar-refractivity contribution in [2.75, 3.05) is 0 Å². The summed E-state index contributed by atoms with van der Waals surface area (Å²) in [6.07, 6.45) is 7.78. The van der Waals surface area contributed by atoms with Crippen LogP contribution in [-0.4, -0.2) is 15.8 Å². The fourth-order valence-electron chi connectivity index (χ4n) is 2.89. The van der Waals surface area contributed by atoms with E-state index in [-0.39, 0.29) is 5.75 Å². The molecule has 0 amide bonds. The summed E-state index contributed by atoms with van der Waals surface area (Å²) in [5.41, 5.74) is 2.63. The number of halogens is 1. The number of fused-ring (bicyclic) bond motifs is 1. The largest absolute Gasteiger partial charge is 0.506 e. The van der Waals surface area contributed by atoms with Crippen LogP contribution in [-0.2, 0) is 19.3 Å². The van der Waals surface area contributed by atoms with Crippen LogP contribution < -0.4 is 0 Å². The lowest BCUT2D eigenvalue weighted by Gasteiger charge is -2.16. The van der Waals surface area contributed by atoms with Crippen LogP contribution in [0, 0.1) is 0 Å². The van der Waals surface area contributed by atoms with E-state index in [4.69, 9.17) is 11.6 Å². The summed E-state index contributed by atoms with van der Waals surface area (Å²) >= 11 is 6.31. The maximum absolute atomic E-state index is 10.2. The van der Waals surface area contributed by atoms with Gasteiger partial charge in [0.1, 0.15) is 5.75 Å². The van der Waals surface area contributed by atoms with E-state index in [0.717, 1.165) is 43.2 Å². The number of benzene rings is 1. The number of phenols is 1. The molecule has 0 spiro atoms. The second kappa shape index (κ2) is 4.43. The highest BCUT2D eigenvalue weighted by atomic mass is 35.5. The standard InChI is InChI=1S/C15H19ClO2/c16-13-12-5-3-1-2-4-10(12)8-11(14(13)17)9-15(18)6-7-15/h8,17-18H,1-7,9H2. The molecule has 18 heavy (non-hydrogen) atoms. The third kappa shape index (κ3) is 2.24. The smallest absolute Gasteiger partial charge is 0.137 e. The number of hydrogen-bond acceptors (Lipinski definition) is 2. The van der Waals surface area contributed by atoms with Crippen LogP contribution in [0.25, 0.3) is 0 Å². The Labute approximate surface area is 113 Å². The van der Waals surface area contributed by atoms with Gasteiger partial charge in [0.25, 0.3) is 0 Å². The molecule has 1 saturated carbocycles. The Morgan fingerprint density at radius 3 is 2.61 bits per heavy atom. The van der Waals surface area contributed by atoms with E-state index >= 15 is 0 Å². The Morgan fingerprint density at radius 1 is 1.17 bits per heavy atom. The van der Waals surface area contributed by atoms with Crippen molar-refractivity contribution in [2.45, 2.75) is 57.0 Å². The summed E-state index contributed by atoms with van der Waals surface area (Å²) in [5, 5.41) is 20.7. The molecule has 98 valence electrons. The Bertz CT molecular complexity index is 478. The number of rotatable bonds is 2. The molecule has 2 aliphatic carbocycles. The van der Waals surface area contributed by atoms with E-state index in [1.54, 1.807) is 0 Å². The lowest BCUT2D eigenvalue weighted by atomic mass is 9.95. The molecule has 0 unspecified atom stereocenters. The number of aryl methyl sites for hydroxylation is 1. The fourth-order valence-corrected chi connectivity index (χ4v) is 3.23. The third-order valence-corrected chi connectivity index (χ3v) is 4.64. The van der Waals surface area contributed by atoms with E-state index < -0.39 is 5.60 Å². The topological polar surface area (TPSA) is 40.5 Å². The van der Waals surface area contributed by atoms with E-state index in [1.165, 1.54) is 18.4 Å². The zero-order chi connectivity index (χ0) is 12.8. The first kappa shape index (κ1) is 12.3. The molecule has 1 aromatic rings. The number of hydrogen-bond donors (Lipinski definition) is 2. The molecule has 0 saturated heterocycles. The van der Waals surface area contributed by atoms with Gasteiger partial charge in [-0.2, -0.15) is 0 Å². The Kier molecular flexibility index (Phi) is 3.03. The summed E-state index contributed by atoms with van der Waals surface area (Å²) in [6.45, 7) is 0. The molecule has 0 atom stereocenters. The van der Waals surface area contributed by atoms with Gasteiger partial charge in [-0.25, -0.2) is 0 Å². The van der Waals surface area contributed by atoms with Crippen LogP contribution in [0.1, 0.15) is 48.8 Å². The molecule has 2 N–H and O–H groups in total. The minimum atomic E-state index is -0.584. The van der Waals surface area contributed by atoms with Gasteiger partial charge in [0.05, 0.1) is 10.6 Å². The normalized spacial score (nSPS) is 21.2. The zero-order valence-corrected chi connectivity index (χ0v) is 11.3. The fraction of sp³-hybridized carbons (Fsp3) is 0.600. The molecule has 1 aromatic carbocycles. The first-order chi connectivity index (χ1) is 8.59. The van der Waals surface area contributed by atoms with Crippen molar-refractivity contribution in [1.82, 2.24) is 0 Å². The van der Waals surface area contributed by atoms with Crippen LogP contribution >= 0.6 is 11.6 Å². The van der Waals surface area contributed by atoms with Crippen LogP contribution in [0.3, 0.4) is 0 Å². The lowest BCUT2D eigenvalue weighted by molar-refractivity contribution is 0.150. The van der Waals surface area contributed by atoms with Gasteiger partial charge in [0.15, 0.2) is 0 Å². The van der Waals surface area contributed by atoms with Crippen LogP contribution in [0.15, 0.2) is 6.07 Å². The minimum Gasteiger partial charge on any atom is -0.506 e. The summed E-state index contributed by atoms with van der Waals surface area (Å²) in [7, 11) is 0. The van der Waals surface area contributed by atoms with Gasteiger partial charge in [0.2, 0.25) is 0 Å². The molecule has 2 aliphatic rings. The van der Waals surface area contributed by atoms with Crippen molar-refractivity contribution in [3.05, 3.63) is 27.8 Å². The third-order valence-electron chi connectivity index (χ3n) is 4.23. The van der Waals surface area contributed by atoms with Gasteiger partial charge in [0, 0.05) is 6.42 Å². The lowest BCUT2D eigenvalue weighted by Crippen LogP contribution is -2.11. The molecule has 0 heterocycles. The van der Waals surface area contributed by atoms with E-state index in [9.17, 15) is 10.2 Å². The summed E-state index contributed by atoms with van der Waals surface area (Å²) in [6, 6.07) is 2.07. The average molecular weight is 267 g/mol. The Balaban J connectivity index is 2.00. The van der Waals surface area contributed by atoms with Crippen molar-refractivity contribution in [3.63, 3.8) is 0 Å². The molecule has 0 radical (unpaired) electrons. The SMILES string of the molecule is Oc1c(CC2(O)CC2)cc2c(c1Cl)CCCCC2. The molecule has 0 bridgehead atoms. The van der Waals surface area contributed by atoms with Gasteiger partial charge < -0.3 is 10.2 Å². The van der Waals surface area contributed by atoms with E-state index in [0.29, 0.717) is 11.4 Å². The van der Waals surface area contributed by atoms with Crippen molar-refractivity contribution >= 4 is 11.6 Å². The Hall–Kier alpha value is -0.730. The molecule has 0 aromatic heterocycles. The molecule has 1 fully saturated rings. The van der Waals surface area contributed by atoms with Gasteiger partial charge in [-0.05, 0) is 55.2 Å². The molecule has 3 heteroatoms. The summed E-state index contributed by atoms with van der Waals surface area (Å²) < 4.78 is 0. The van der Waals surface area contributed by atoms with Crippen molar-refractivity contribution < 1.29 is 10.2 Å². The maximum atomic E-state index is 10.2. The zero-order valence-electron chi connectivity index (χ0n) is 10.5. The van der Waals surface area contributed by atoms with Crippen molar-refractivity contribution in [3.8, 4) is 5.75 Å². The monoisotopic (exact) mass is 266 g/mol. The summed E-state index contributed by atoms with van der Waals surface area (Å²) in [5.74, 6) is 0.192. The minimum absolute atomic E-state index is 0.192. The van der Waals surface area contributed by atoms with Crippen molar-refractivity contribution in [1.29, 1.82) is 0 Å². The molecular formula is C15H19ClO2. The second-order valence-electron chi connectivity index (χ2n) is 5.80. The maximum Gasteiger partial charge on any atom is 0.137 e. The number of phenolic OH excluding ortho intramolecular Hbond substituents is 1. The van der Waals surface area contributed by atoms with Gasteiger partial charge in [-0.3, -0.25) is 0 Å².